The van der Waals surface area contributed by atoms with E-state index in [0.717, 1.165) is 17.7 Å². The van der Waals surface area contributed by atoms with Crippen molar-refractivity contribution in [2.75, 3.05) is 13.9 Å². The summed E-state index contributed by atoms with van der Waals surface area (Å²) in [4.78, 5) is 0. The lowest BCUT2D eigenvalue weighted by Gasteiger charge is -2.17. The maximum absolute atomic E-state index is 5.84. The Labute approximate surface area is 144 Å². The van der Waals surface area contributed by atoms with Crippen molar-refractivity contribution in [2.45, 2.75) is 26.2 Å². The summed E-state index contributed by atoms with van der Waals surface area (Å²) in [7, 11) is 1.64. The van der Waals surface area contributed by atoms with E-state index in [2.05, 4.69) is 74.5 Å². The molecule has 0 amide bonds. The standard InChI is InChI=1S/C22H24O2/c1-4-16(2)18-12-13-22(24-15-23-3)21(14-18)20-11-7-9-17-8-5-6-10-19(17)20/h5-14,16H,4,15H2,1-3H3. The molecule has 0 fully saturated rings. The van der Waals surface area contributed by atoms with E-state index >= 15 is 0 Å². The van der Waals surface area contributed by atoms with Gasteiger partial charge in [-0.2, -0.15) is 0 Å². The third-order valence-corrected chi connectivity index (χ3v) is 4.60. The first-order chi connectivity index (χ1) is 11.7. The van der Waals surface area contributed by atoms with Crippen molar-refractivity contribution in [2.24, 2.45) is 0 Å². The summed E-state index contributed by atoms with van der Waals surface area (Å²) in [6, 6.07) is 21.4. The summed E-state index contributed by atoms with van der Waals surface area (Å²) in [5, 5.41) is 2.48. The van der Waals surface area contributed by atoms with E-state index in [4.69, 9.17) is 9.47 Å². The fourth-order valence-corrected chi connectivity index (χ4v) is 3.01. The average molecular weight is 320 g/mol. The molecule has 3 aromatic rings. The molecule has 0 aliphatic heterocycles. The summed E-state index contributed by atoms with van der Waals surface area (Å²) in [6.07, 6.45) is 1.12. The average Bonchev–Trinajstić information content (AvgIpc) is 2.65. The molecule has 3 aromatic carbocycles. The molecular formula is C22H24O2. The second-order valence-electron chi connectivity index (χ2n) is 6.14. The fraction of sp³-hybridized carbons (Fsp3) is 0.273. The van der Waals surface area contributed by atoms with Crippen molar-refractivity contribution < 1.29 is 9.47 Å². The van der Waals surface area contributed by atoms with E-state index in [1.807, 2.05) is 0 Å². The van der Waals surface area contributed by atoms with Crippen LogP contribution in [-0.2, 0) is 4.74 Å². The molecule has 1 atom stereocenters. The van der Waals surface area contributed by atoms with Gasteiger partial charge >= 0.3 is 0 Å². The Bertz CT molecular complexity index is 818. The summed E-state index contributed by atoms with van der Waals surface area (Å²) >= 11 is 0. The minimum atomic E-state index is 0.250. The number of fused-ring (bicyclic) bond motifs is 1. The van der Waals surface area contributed by atoms with Crippen molar-refractivity contribution in [3.63, 3.8) is 0 Å². The number of ether oxygens (including phenoxy) is 2. The second-order valence-corrected chi connectivity index (χ2v) is 6.14. The Balaban J connectivity index is 2.18. The molecule has 1 unspecified atom stereocenters. The van der Waals surface area contributed by atoms with Gasteiger partial charge < -0.3 is 9.47 Å². The first-order valence-corrected chi connectivity index (χ1v) is 8.48. The van der Waals surface area contributed by atoms with Gasteiger partial charge in [-0.1, -0.05) is 62.4 Å². The molecule has 0 aliphatic rings. The van der Waals surface area contributed by atoms with E-state index in [9.17, 15) is 0 Å². The van der Waals surface area contributed by atoms with Crippen LogP contribution < -0.4 is 4.74 Å². The fourth-order valence-electron chi connectivity index (χ4n) is 3.01. The van der Waals surface area contributed by atoms with Gasteiger partial charge in [0.25, 0.3) is 0 Å². The topological polar surface area (TPSA) is 18.5 Å². The molecule has 24 heavy (non-hydrogen) atoms. The van der Waals surface area contributed by atoms with Gasteiger partial charge in [-0.25, -0.2) is 0 Å². The van der Waals surface area contributed by atoms with E-state index in [0.29, 0.717) is 5.92 Å². The molecule has 0 saturated carbocycles. The number of hydrogen-bond donors (Lipinski definition) is 0. The predicted octanol–water partition coefficient (Wildman–Crippen LogP) is 6.00. The highest BCUT2D eigenvalue weighted by molar-refractivity contribution is 5.98. The summed E-state index contributed by atoms with van der Waals surface area (Å²) in [5.74, 6) is 1.38. The molecule has 0 heterocycles. The third-order valence-electron chi connectivity index (χ3n) is 4.60. The van der Waals surface area contributed by atoms with Crippen LogP contribution in [0.1, 0.15) is 31.7 Å². The minimum Gasteiger partial charge on any atom is -0.467 e. The molecule has 0 aliphatic carbocycles. The number of benzene rings is 3. The van der Waals surface area contributed by atoms with Crippen LogP contribution in [0.15, 0.2) is 60.7 Å². The highest BCUT2D eigenvalue weighted by atomic mass is 16.7. The van der Waals surface area contributed by atoms with Crippen LogP contribution in [0.2, 0.25) is 0 Å². The lowest BCUT2D eigenvalue weighted by molar-refractivity contribution is 0.0515. The van der Waals surface area contributed by atoms with Crippen LogP contribution in [0.3, 0.4) is 0 Å². The molecule has 3 rings (SSSR count). The van der Waals surface area contributed by atoms with E-state index in [1.165, 1.54) is 21.9 Å². The first-order valence-electron chi connectivity index (χ1n) is 8.48. The zero-order valence-electron chi connectivity index (χ0n) is 14.6. The summed E-state index contributed by atoms with van der Waals surface area (Å²) < 4.78 is 10.9. The highest BCUT2D eigenvalue weighted by Gasteiger charge is 2.13. The van der Waals surface area contributed by atoms with E-state index in [1.54, 1.807) is 7.11 Å². The van der Waals surface area contributed by atoms with Crippen LogP contribution in [0.25, 0.3) is 21.9 Å². The molecule has 2 heteroatoms. The van der Waals surface area contributed by atoms with Gasteiger partial charge in [-0.15, -0.1) is 0 Å². The van der Waals surface area contributed by atoms with Crippen LogP contribution in [0, 0.1) is 0 Å². The van der Waals surface area contributed by atoms with Gasteiger partial charge in [0.15, 0.2) is 6.79 Å². The Hall–Kier alpha value is -2.32. The Morgan fingerprint density at radius 3 is 2.50 bits per heavy atom. The zero-order valence-corrected chi connectivity index (χ0v) is 14.6. The molecule has 0 aromatic heterocycles. The Morgan fingerprint density at radius 2 is 1.71 bits per heavy atom. The molecular weight excluding hydrogens is 296 g/mol. The number of rotatable bonds is 6. The third kappa shape index (κ3) is 3.29. The maximum atomic E-state index is 5.84. The minimum absolute atomic E-state index is 0.250. The van der Waals surface area contributed by atoms with Crippen LogP contribution in [-0.4, -0.2) is 13.9 Å². The Morgan fingerprint density at radius 1 is 0.917 bits per heavy atom. The molecule has 2 nitrogen and oxygen atoms in total. The summed E-state index contributed by atoms with van der Waals surface area (Å²) in [5.41, 5.74) is 3.66. The lowest BCUT2D eigenvalue weighted by Crippen LogP contribution is -2.01. The maximum Gasteiger partial charge on any atom is 0.188 e. The van der Waals surface area contributed by atoms with Crippen LogP contribution in [0.5, 0.6) is 5.75 Å². The molecule has 0 bridgehead atoms. The SMILES string of the molecule is CCC(C)c1ccc(OCOC)c(-c2cccc3ccccc23)c1. The second kappa shape index (κ2) is 7.50. The molecule has 0 saturated heterocycles. The smallest absolute Gasteiger partial charge is 0.188 e. The van der Waals surface area contributed by atoms with Crippen LogP contribution in [0.4, 0.5) is 0 Å². The molecule has 0 N–H and O–H groups in total. The van der Waals surface area contributed by atoms with Crippen LogP contribution >= 0.6 is 0 Å². The van der Waals surface area contributed by atoms with Crippen molar-refractivity contribution in [3.8, 4) is 16.9 Å². The number of methoxy groups -OCH3 is 1. The summed E-state index contributed by atoms with van der Waals surface area (Å²) in [6.45, 7) is 4.73. The van der Waals surface area contributed by atoms with Gasteiger partial charge in [-0.3, -0.25) is 0 Å². The molecule has 0 radical (unpaired) electrons. The van der Waals surface area contributed by atoms with Gasteiger partial charge in [0.05, 0.1) is 0 Å². The highest BCUT2D eigenvalue weighted by Crippen LogP contribution is 2.37. The largest absolute Gasteiger partial charge is 0.467 e. The lowest BCUT2D eigenvalue weighted by atomic mass is 9.92. The molecule has 124 valence electrons. The van der Waals surface area contributed by atoms with Gasteiger partial charge in [-0.05, 0) is 46.4 Å². The van der Waals surface area contributed by atoms with Crippen molar-refractivity contribution in [1.29, 1.82) is 0 Å². The van der Waals surface area contributed by atoms with Crippen molar-refractivity contribution in [3.05, 3.63) is 66.2 Å². The van der Waals surface area contributed by atoms with Crippen molar-refractivity contribution >= 4 is 10.8 Å². The van der Waals surface area contributed by atoms with Gasteiger partial charge in [0.2, 0.25) is 0 Å². The van der Waals surface area contributed by atoms with Gasteiger partial charge in [0, 0.05) is 12.7 Å². The molecule has 0 spiro atoms. The first kappa shape index (κ1) is 16.5. The quantitative estimate of drug-likeness (QED) is 0.518. The van der Waals surface area contributed by atoms with Gasteiger partial charge in [0.1, 0.15) is 5.75 Å². The predicted molar refractivity (Wildman–Crippen MR) is 101 cm³/mol. The van der Waals surface area contributed by atoms with E-state index < -0.39 is 0 Å². The Kier molecular flexibility index (Phi) is 5.17. The normalized spacial score (nSPS) is 12.3. The monoisotopic (exact) mass is 320 g/mol. The van der Waals surface area contributed by atoms with E-state index in [-0.39, 0.29) is 6.79 Å². The number of hydrogen-bond acceptors (Lipinski definition) is 2. The van der Waals surface area contributed by atoms with Crippen molar-refractivity contribution in [1.82, 2.24) is 0 Å². The zero-order chi connectivity index (χ0) is 16.9.